The van der Waals surface area contributed by atoms with E-state index in [1.54, 1.807) is 10.4 Å². The number of piperidine rings is 1. The van der Waals surface area contributed by atoms with Gasteiger partial charge in [0.25, 0.3) is 0 Å². The van der Waals surface area contributed by atoms with Crippen molar-refractivity contribution in [3.8, 4) is 0 Å². The van der Waals surface area contributed by atoms with Crippen LogP contribution in [-0.2, 0) is 10.0 Å². The lowest BCUT2D eigenvalue weighted by molar-refractivity contribution is 0.196. The van der Waals surface area contributed by atoms with Crippen molar-refractivity contribution < 1.29 is 8.42 Å². The van der Waals surface area contributed by atoms with Crippen molar-refractivity contribution in [3.05, 3.63) is 29.3 Å². The largest absolute Gasteiger partial charge is 0.329 e. The van der Waals surface area contributed by atoms with Gasteiger partial charge in [0.2, 0.25) is 10.0 Å². The normalized spacial score (nSPS) is 24.8. The molecule has 1 aromatic rings. The molecule has 1 saturated heterocycles. The van der Waals surface area contributed by atoms with Gasteiger partial charge in [-0.05, 0) is 50.8 Å². The SMILES string of the molecule is Cc1ccc(C)c(S(=O)(=O)N2C(C)CCCC2CN)c1. The molecule has 1 aromatic carbocycles. The highest BCUT2D eigenvalue weighted by Gasteiger charge is 2.37. The Morgan fingerprint density at radius 2 is 2.00 bits per heavy atom. The fourth-order valence-electron chi connectivity index (χ4n) is 3.02. The quantitative estimate of drug-likeness (QED) is 0.930. The third kappa shape index (κ3) is 2.75. The summed E-state index contributed by atoms with van der Waals surface area (Å²) in [5.41, 5.74) is 7.55. The first-order chi connectivity index (χ1) is 9.37. The average molecular weight is 296 g/mol. The summed E-state index contributed by atoms with van der Waals surface area (Å²) in [6.45, 7) is 6.12. The lowest BCUT2D eigenvalue weighted by Crippen LogP contribution is -2.51. The predicted molar refractivity (Wildman–Crippen MR) is 81.1 cm³/mol. The van der Waals surface area contributed by atoms with E-state index in [1.165, 1.54) is 0 Å². The van der Waals surface area contributed by atoms with Crippen LogP contribution in [-0.4, -0.2) is 31.4 Å². The van der Waals surface area contributed by atoms with Crippen LogP contribution >= 0.6 is 0 Å². The van der Waals surface area contributed by atoms with Gasteiger partial charge in [-0.2, -0.15) is 4.31 Å². The number of rotatable bonds is 3. The van der Waals surface area contributed by atoms with Crippen molar-refractivity contribution in [2.45, 2.75) is 57.0 Å². The monoisotopic (exact) mass is 296 g/mol. The first kappa shape index (κ1) is 15.5. The number of nitrogens with zero attached hydrogens (tertiary/aromatic N) is 1. The first-order valence-corrected chi connectivity index (χ1v) is 8.62. The van der Waals surface area contributed by atoms with Gasteiger partial charge >= 0.3 is 0 Å². The summed E-state index contributed by atoms with van der Waals surface area (Å²) in [5.74, 6) is 0. The molecule has 1 aliphatic heterocycles. The maximum absolute atomic E-state index is 13.0. The number of sulfonamides is 1. The zero-order chi connectivity index (χ0) is 14.9. The Morgan fingerprint density at radius 3 is 2.65 bits per heavy atom. The highest BCUT2D eigenvalue weighted by molar-refractivity contribution is 7.89. The van der Waals surface area contributed by atoms with E-state index < -0.39 is 10.0 Å². The Bertz CT molecular complexity index is 584. The smallest absolute Gasteiger partial charge is 0.243 e. The molecule has 2 rings (SSSR count). The van der Waals surface area contributed by atoms with Crippen LogP contribution in [0.4, 0.5) is 0 Å². The molecule has 5 heteroatoms. The van der Waals surface area contributed by atoms with E-state index in [1.807, 2.05) is 32.9 Å². The Labute approximate surface area is 122 Å². The average Bonchev–Trinajstić information content (AvgIpc) is 2.40. The standard InChI is InChI=1S/C15H24N2O2S/c1-11-7-8-12(2)15(9-11)20(18,19)17-13(3)5-4-6-14(17)10-16/h7-9,13-14H,4-6,10,16H2,1-3H3. The fraction of sp³-hybridized carbons (Fsp3) is 0.600. The zero-order valence-corrected chi connectivity index (χ0v) is 13.3. The van der Waals surface area contributed by atoms with Crippen LogP contribution in [0.25, 0.3) is 0 Å². The molecule has 1 heterocycles. The number of aryl methyl sites for hydroxylation is 2. The predicted octanol–water partition coefficient (Wildman–Crippen LogP) is 2.19. The fourth-order valence-corrected chi connectivity index (χ4v) is 5.22. The second-order valence-electron chi connectivity index (χ2n) is 5.77. The van der Waals surface area contributed by atoms with Gasteiger partial charge in [0.1, 0.15) is 0 Å². The second kappa shape index (κ2) is 5.84. The van der Waals surface area contributed by atoms with Gasteiger partial charge in [-0.3, -0.25) is 0 Å². The van der Waals surface area contributed by atoms with E-state index in [4.69, 9.17) is 5.73 Å². The van der Waals surface area contributed by atoms with Gasteiger partial charge in [-0.25, -0.2) is 8.42 Å². The summed E-state index contributed by atoms with van der Waals surface area (Å²) in [6.07, 6.45) is 2.80. The molecular formula is C15H24N2O2S. The van der Waals surface area contributed by atoms with Gasteiger partial charge in [-0.1, -0.05) is 18.6 Å². The van der Waals surface area contributed by atoms with E-state index >= 15 is 0 Å². The minimum Gasteiger partial charge on any atom is -0.329 e. The zero-order valence-electron chi connectivity index (χ0n) is 12.5. The lowest BCUT2D eigenvalue weighted by atomic mass is 10.00. The number of hydrogen-bond donors (Lipinski definition) is 1. The highest BCUT2D eigenvalue weighted by Crippen LogP contribution is 2.30. The van der Waals surface area contributed by atoms with Crippen LogP contribution in [0.3, 0.4) is 0 Å². The molecule has 0 bridgehead atoms. The van der Waals surface area contributed by atoms with E-state index in [2.05, 4.69) is 0 Å². The molecular weight excluding hydrogens is 272 g/mol. The third-order valence-corrected chi connectivity index (χ3v) is 6.33. The van der Waals surface area contributed by atoms with Crippen molar-refractivity contribution in [1.82, 2.24) is 4.31 Å². The van der Waals surface area contributed by atoms with Gasteiger partial charge in [-0.15, -0.1) is 0 Å². The van der Waals surface area contributed by atoms with E-state index in [0.29, 0.717) is 11.4 Å². The van der Waals surface area contributed by atoms with E-state index in [0.717, 1.165) is 30.4 Å². The molecule has 112 valence electrons. The summed E-state index contributed by atoms with van der Waals surface area (Å²) in [4.78, 5) is 0.421. The van der Waals surface area contributed by atoms with Gasteiger partial charge in [0.15, 0.2) is 0 Å². The van der Waals surface area contributed by atoms with E-state index in [9.17, 15) is 8.42 Å². The van der Waals surface area contributed by atoms with Crippen LogP contribution in [0, 0.1) is 13.8 Å². The molecule has 0 aromatic heterocycles. The second-order valence-corrected chi connectivity index (χ2v) is 7.58. The van der Waals surface area contributed by atoms with Crippen LogP contribution in [0.5, 0.6) is 0 Å². The molecule has 0 amide bonds. The topological polar surface area (TPSA) is 63.4 Å². The Hall–Kier alpha value is -0.910. The molecule has 2 N–H and O–H groups in total. The van der Waals surface area contributed by atoms with Gasteiger partial charge in [0, 0.05) is 18.6 Å². The molecule has 1 fully saturated rings. The number of hydrogen-bond acceptors (Lipinski definition) is 3. The molecule has 0 spiro atoms. The molecule has 0 saturated carbocycles. The molecule has 0 aliphatic carbocycles. The van der Waals surface area contributed by atoms with Crippen molar-refractivity contribution in [3.63, 3.8) is 0 Å². The van der Waals surface area contributed by atoms with Crippen molar-refractivity contribution in [1.29, 1.82) is 0 Å². The van der Waals surface area contributed by atoms with Crippen molar-refractivity contribution >= 4 is 10.0 Å². The summed E-state index contributed by atoms with van der Waals surface area (Å²) in [5, 5.41) is 0. The minimum atomic E-state index is -3.47. The highest BCUT2D eigenvalue weighted by atomic mass is 32.2. The van der Waals surface area contributed by atoms with E-state index in [-0.39, 0.29) is 12.1 Å². The Balaban J connectivity index is 2.49. The maximum Gasteiger partial charge on any atom is 0.243 e. The van der Waals surface area contributed by atoms with Crippen LogP contribution in [0.15, 0.2) is 23.1 Å². The molecule has 0 radical (unpaired) electrons. The summed E-state index contributed by atoms with van der Waals surface area (Å²) in [7, 11) is -3.47. The molecule has 2 unspecified atom stereocenters. The minimum absolute atomic E-state index is 0.0159. The van der Waals surface area contributed by atoms with Crippen LogP contribution in [0.1, 0.15) is 37.3 Å². The van der Waals surface area contributed by atoms with Gasteiger partial charge < -0.3 is 5.73 Å². The van der Waals surface area contributed by atoms with Crippen molar-refractivity contribution in [2.75, 3.05) is 6.54 Å². The van der Waals surface area contributed by atoms with Crippen LogP contribution in [0.2, 0.25) is 0 Å². The Morgan fingerprint density at radius 1 is 1.30 bits per heavy atom. The maximum atomic E-state index is 13.0. The van der Waals surface area contributed by atoms with Crippen molar-refractivity contribution in [2.24, 2.45) is 5.73 Å². The molecule has 20 heavy (non-hydrogen) atoms. The molecule has 2 atom stereocenters. The molecule has 1 aliphatic rings. The Kier molecular flexibility index (Phi) is 4.52. The summed E-state index contributed by atoms with van der Waals surface area (Å²) in [6, 6.07) is 5.51. The summed E-state index contributed by atoms with van der Waals surface area (Å²) >= 11 is 0. The third-order valence-electron chi connectivity index (χ3n) is 4.12. The first-order valence-electron chi connectivity index (χ1n) is 7.18. The number of nitrogens with two attached hydrogens (primary N) is 1. The van der Waals surface area contributed by atoms with Crippen LogP contribution < -0.4 is 5.73 Å². The van der Waals surface area contributed by atoms with Gasteiger partial charge in [0.05, 0.1) is 4.90 Å². The number of benzene rings is 1. The summed E-state index contributed by atoms with van der Waals surface area (Å²) < 4.78 is 27.7. The lowest BCUT2D eigenvalue weighted by Gasteiger charge is -2.39. The molecule has 4 nitrogen and oxygen atoms in total.